The van der Waals surface area contributed by atoms with Crippen LogP contribution in [0.25, 0.3) is 0 Å². The second-order valence-electron chi connectivity index (χ2n) is 9.72. The molecule has 0 amide bonds. The summed E-state index contributed by atoms with van der Waals surface area (Å²) < 4.78 is 0. The third-order valence-electron chi connectivity index (χ3n) is 7.41. The number of hydrogen-bond donors (Lipinski definition) is 4. The maximum atomic E-state index is 11.3. The van der Waals surface area contributed by atoms with E-state index in [2.05, 4.69) is 0 Å². The highest BCUT2D eigenvalue weighted by atomic mass is 16.4. The van der Waals surface area contributed by atoms with Gasteiger partial charge in [0.2, 0.25) is 0 Å². The van der Waals surface area contributed by atoms with Gasteiger partial charge in [0.15, 0.2) is 11.5 Å². The zero-order valence-electron chi connectivity index (χ0n) is 18.4. The van der Waals surface area contributed by atoms with E-state index in [1.807, 2.05) is 6.07 Å². The van der Waals surface area contributed by atoms with Crippen molar-refractivity contribution >= 4 is 11.9 Å². The number of benzene rings is 1. The second kappa shape index (κ2) is 9.92. The molecule has 0 unspecified atom stereocenters. The molecule has 0 heterocycles. The Morgan fingerprint density at radius 2 is 1.19 bits per heavy atom. The Morgan fingerprint density at radius 3 is 1.71 bits per heavy atom. The molecule has 3 rings (SSSR count). The highest BCUT2D eigenvalue weighted by Crippen LogP contribution is 2.50. The van der Waals surface area contributed by atoms with E-state index in [9.17, 15) is 30.0 Å². The molecule has 0 radical (unpaired) electrons. The van der Waals surface area contributed by atoms with E-state index in [-0.39, 0.29) is 11.5 Å². The number of hydrogen-bond acceptors (Lipinski definition) is 4. The first kappa shape index (κ1) is 23.4. The highest BCUT2D eigenvalue weighted by molar-refractivity contribution is 5.78. The molecule has 0 spiro atoms. The molecule has 1 aromatic rings. The van der Waals surface area contributed by atoms with Gasteiger partial charge in [0, 0.05) is 5.56 Å². The van der Waals surface area contributed by atoms with Gasteiger partial charge in [-0.05, 0) is 75.8 Å². The van der Waals surface area contributed by atoms with Gasteiger partial charge in [0.05, 0.1) is 10.8 Å². The number of carboxylic acid groups (broad SMARTS) is 2. The molecule has 2 saturated carbocycles. The summed E-state index contributed by atoms with van der Waals surface area (Å²) in [7, 11) is 0. The van der Waals surface area contributed by atoms with Crippen molar-refractivity contribution in [1.82, 2.24) is 0 Å². The maximum absolute atomic E-state index is 11.3. The summed E-state index contributed by atoms with van der Waals surface area (Å²) in [4.78, 5) is 22.5. The average Bonchev–Trinajstić information content (AvgIpc) is 3.64. The van der Waals surface area contributed by atoms with Gasteiger partial charge in [-0.1, -0.05) is 38.2 Å². The maximum Gasteiger partial charge on any atom is 0.309 e. The standard InChI is InChI=1S/C25H36O6/c26-20-11-10-18(8-4-3-7-13-25(16-17-25)23(30)31)19(21(20)27)9-5-1-2-6-12-24(14-15-24)22(28)29/h10-11,26-27H,1-9,12-17H2,(H,28,29)(H,30,31). The van der Waals surface area contributed by atoms with Gasteiger partial charge in [-0.2, -0.15) is 0 Å². The minimum Gasteiger partial charge on any atom is -0.504 e. The van der Waals surface area contributed by atoms with E-state index >= 15 is 0 Å². The first-order valence-corrected chi connectivity index (χ1v) is 11.8. The van der Waals surface area contributed by atoms with Gasteiger partial charge in [-0.25, -0.2) is 0 Å². The Balaban J connectivity index is 1.39. The van der Waals surface area contributed by atoms with Gasteiger partial charge in [0.1, 0.15) is 0 Å². The summed E-state index contributed by atoms with van der Waals surface area (Å²) in [6.45, 7) is 0. The van der Waals surface area contributed by atoms with Crippen LogP contribution in [0.2, 0.25) is 0 Å². The van der Waals surface area contributed by atoms with Crippen molar-refractivity contribution in [2.45, 2.75) is 96.3 Å². The summed E-state index contributed by atoms with van der Waals surface area (Å²) in [5.41, 5.74) is 0.970. The monoisotopic (exact) mass is 432 g/mol. The Bertz CT molecular complexity index is 791. The van der Waals surface area contributed by atoms with Crippen LogP contribution in [0.15, 0.2) is 12.1 Å². The van der Waals surface area contributed by atoms with Crippen molar-refractivity contribution in [3.05, 3.63) is 23.3 Å². The van der Waals surface area contributed by atoms with Gasteiger partial charge in [-0.15, -0.1) is 0 Å². The van der Waals surface area contributed by atoms with Crippen molar-refractivity contribution in [2.24, 2.45) is 10.8 Å². The van der Waals surface area contributed by atoms with E-state index < -0.39 is 22.8 Å². The molecule has 0 aromatic heterocycles. The SMILES string of the molecule is O=C(O)C1(CCCCCCc2c(CCCCCC3(C(=O)O)CC3)ccc(O)c2O)CC1. The van der Waals surface area contributed by atoms with E-state index in [0.717, 1.165) is 101 Å². The number of carbonyl (C=O) groups is 2. The molecule has 2 fully saturated rings. The van der Waals surface area contributed by atoms with Crippen molar-refractivity contribution in [2.75, 3.05) is 0 Å². The predicted molar refractivity (Wildman–Crippen MR) is 117 cm³/mol. The molecule has 6 heteroatoms. The number of phenols is 2. The van der Waals surface area contributed by atoms with Gasteiger partial charge >= 0.3 is 11.9 Å². The number of aryl methyl sites for hydroxylation is 1. The molecular formula is C25H36O6. The first-order chi connectivity index (χ1) is 14.8. The Hall–Kier alpha value is -2.24. The number of rotatable bonds is 15. The fourth-order valence-corrected chi connectivity index (χ4v) is 4.70. The topological polar surface area (TPSA) is 115 Å². The normalized spacial score (nSPS) is 17.9. The first-order valence-electron chi connectivity index (χ1n) is 11.8. The van der Waals surface area contributed by atoms with Crippen LogP contribution in [0.1, 0.15) is 94.6 Å². The van der Waals surface area contributed by atoms with Crippen LogP contribution in [0.3, 0.4) is 0 Å². The van der Waals surface area contributed by atoms with Gasteiger partial charge in [-0.3, -0.25) is 9.59 Å². The summed E-state index contributed by atoms with van der Waals surface area (Å²) >= 11 is 0. The predicted octanol–water partition coefficient (Wildman–Crippen LogP) is 5.42. The summed E-state index contributed by atoms with van der Waals surface area (Å²) in [6, 6.07) is 3.42. The molecule has 2 aliphatic carbocycles. The van der Waals surface area contributed by atoms with E-state index in [1.165, 1.54) is 0 Å². The van der Waals surface area contributed by atoms with Crippen molar-refractivity contribution in [3.63, 3.8) is 0 Å². The van der Waals surface area contributed by atoms with Crippen LogP contribution in [-0.4, -0.2) is 32.4 Å². The van der Waals surface area contributed by atoms with Crippen molar-refractivity contribution < 1.29 is 30.0 Å². The quantitative estimate of drug-likeness (QED) is 0.217. The molecule has 2 aliphatic rings. The lowest BCUT2D eigenvalue weighted by Gasteiger charge is -2.14. The van der Waals surface area contributed by atoms with Crippen LogP contribution in [0.5, 0.6) is 11.5 Å². The zero-order valence-corrected chi connectivity index (χ0v) is 18.4. The molecule has 31 heavy (non-hydrogen) atoms. The Kier molecular flexibility index (Phi) is 7.50. The average molecular weight is 433 g/mol. The number of phenolic OH excluding ortho intramolecular Hbond substituents is 2. The largest absolute Gasteiger partial charge is 0.504 e. The van der Waals surface area contributed by atoms with E-state index in [1.54, 1.807) is 6.07 Å². The summed E-state index contributed by atoms with van der Waals surface area (Å²) in [5.74, 6) is -1.43. The fourth-order valence-electron chi connectivity index (χ4n) is 4.70. The fraction of sp³-hybridized carbons (Fsp3) is 0.680. The number of unbranched alkanes of at least 4 members (excludes halogenated alkanes) is 5. The molecule has 172 valence electrons. The summed E-state index contributed by atoms with van der Waals surface area (Å²) in [6.07, 6.45) is 12.8. The van der Waals surface area contributed by atoms with Crippen molar-refractivity contribution in [1.29, 1.82) is 0 Å². The number of carboxylic acids is 2. The smallest absolute Gasteiger partial charge is 0.309 e. The lowest BCUT2D eigenvalue weighted by Crippen LogP contribution is -2.14. The molecule has 0 atom stereocenters. The molecule has 0 bridgehead atoms. The second-order valence-corrected chi connectivity index (χ2v) is 9.72. The minimum absolute atomic E-state index is 0.0249. The third-order valence-corrected chi connectivity index (χ3v) is 7.41. The molecular weight excluding hydrogens is 396 g/mol. The highest BCUT2D eigenvalue weighted by Gasteiger charge is 2.49. The molecule has 1 aromatic carbocycles. The van der Waals surface area contributed by atoms with Crippen LogP contribution in [0, 0.1) is 10.8 Å². The minimum atomic E-state index is -0.659. The molecule has 0 aliphatic heterocycles. The molecule has 6 nitrogen and oxygen atoms in total. The lowest BCUT2D eigenvalue weighted by molar-refractivity contribution is -0.144. The third kappa shape index (κ3) is 5.92. The van der Waals surface area contributed by atoms with Crippen molar-refractivity contribution in [3.8, 4) is 11.5 Å². The molecule has 0 saturated heterocycles. The zero-order chi connectivity index (χ0) is 22.5. The van der Waals surface area contributed by atoms with Crippen LogP contribution < -0.4 is 0 Å². The number of aromatic hydroxyl groups is 2. The Labute approximate surface area is 184 Å². The van der Waals surface area contributed by atoms with Crippen LogP contribution in [0.4, 0.5) is 0 Å². The van der Waals surface area contributed by atoms with E-state index in [4.69, 9.17) is 0 Å². The lowest BCUT2D eigenvalue weighted by atomic mass is 9.93. The van der Waals surface area contributed by atoms with Gasteiger partial charge in [0.25, 0.3) is 0 Å². The molecule has 4 N–H and O–H groups in total. The van der Waals surface area contributed by atoms with Gasteiger partial charge < -0.3 is 20.4 Å². The van der Waals surface area contributed by atoms with E-state index in [0.29, 0.717) is 6.42 Å². The van der Waals surface area contributed by atoms with Crippen LogP contribution in [-0.2, 0) is 22.4 Å². The number of aliphatic carboxylic acids is 2. The van der Waals surface area contributed by atoms with Crippen LogP contribution >= 0.6 is 0 Å². The Morgan fingerprint density at radius 1 is 0.710 bits per heavy atom. The summed E-state index contributed by atoms with van der Waals surface area (Å²) in [5, 5.41) is 38.8.